The van der Waals surface area contributed by atoms with E-state index in [1.807, 2.05) is 37.3 Å². The van der Waals surface area contributed by atoms with Gasteiger partial charge in [-0.1, -0.05) is 30.3 Å². The van der Waals surface area contributed by atoms with Crippen molar-refractivity contribution < 1.29 is 9.50 Å². The molecule has 0 aliphatic rings. The summed E-state index contributed by atoms with van der Waals surface area (Å²) in [7, 11) is 0. The van der Waals surface area contributed by atoms with E-state index in [0.717, 1.165) is 11.1 Å². The third-order valence-corrected chi connectivity index (χ3v) is 3.03. The fourth-order valence-corrected chi connectivity index (χ4v) is 1.86. The largest absolute Gasteiger partial charge is 0.387 e. The van der Waals surface area contributed by atoms with Gasteiger partial charge in [-0.05, 0) is 24.1 Å². The van der Waals surface area contributed by atoms with Crippen molar-refractivity contribution >= 4 is 0 Å². The normalized spacial score (nSPS) is 14.1. The SMILES string of the molecule is CC(NCC(O)c1ccccc1)c1cncc(F)c1. The van der Waals surface area contributed by atoms with Gasteiger partial charge in [-0.3, -0.25) is 4.98 Å². The van der Waals surface area contributed by atoms with Crippen LogP contribution in [0.15, 0.2) is 48.8 Å². The molecule has 0 radical (unpaired) electrons. The molecule has 2 aromatic rings. The molecule has 1 aromatic carbocycles. The van der Waals surface area contributed by atoms with Crippen LogP contribution >= 0.6 is 0 Å². The van der Waals surface area contributed by atoms with E-state index in [1.165, 1.54) is 12.3 Å². The van der Waals surface area contributed by atoms with Crippen molar-refractivity contribution in [2.75, 3.05) is 6.54 Å². The van der Waals surface area contributed by atoms with Gasteiger partial charge in [0.25, 0.3) is 0 Å². The molecule has 0 aliphatic carbocycles. The molecular formula is C15H17FN2O. The first-order valence-electron chi connectivity index (χ1n) is 6.23. The molecule has 19 heavy (non-hydrogen) atoms. The van der Waals surface area contributed by atoms with Crippen LogP contribution in [0.25, 0.3) is 0 Å². The maximum absolute atomic E-state index is 13.1. The molecule has 2 unspecified atom stereocenters. The van der Waals surface area contributed by atoms with Gasteiger partial charge in [0.2, 0.25) is 0 Å². The Morgan fingerprint density at radius 1 is 1.21 bits per heavy atom. The lowest BCUT2D eigenvalue weighted by atomic mass is 10.1. The lowest BCUT2D eigenvalue weighted by molar-refractivity contribution is 0.171. The molecule has 0 saturated heterocycles. The van der Waals surface area contributed by atoms with Crippen LogP contribution in [0.5, 0.6) is 0 Å². The highest BCUT2D eigenvalue weighted by atomic mass is 19.1. The number of nitrogens with one attached hydrogen (secondary N) is 1. The molecule has 100 valence electrons. The maximum Gasteiger partial charge on any atom is 0.141 e. The van der Waals surface area contributed by atoms with E-state index in [1.54, 1.807) is 6.20 Å². The summed E-state index contributed by atoms with van der Waals surface area (Å²) in [6.45, 7) is 2.32. The summed E-state index contributed by atoms with van der Waals surface area (Å²) in [6, 6.07) is 10.8. The van der Waals surface area contributed by atoms with Crippen LogP contribution in [0.1, 0.15) is 30.2 Å². The first-order valence-corrected chi connectivity index (χ1v) is 6.23. The number of halogens is 1. The molecular weight excluding hydrogens is 243 g/mol. The maximum atomic E-state index is 13.1. The second-order valence-corrected chi connectivity index (χ2v) is 4.49. The molecule has 1 aromatic heterocycles. The molecule has 2 rings (SSSR count). The number of hydrogen-bond donors (Lipinski definition) is 2. The summed E-state index contributed by atoms with van der Waals surface area (Å²) < 4.78 is 13.1. The van der Waals surface area contributed by atoms with Crippen LogP contribution in [0, 0.1) is 5.82 Å². The van der Waals surface area contributed by atoms with Crippen molar-refractivity contribution in [3.63, 3.8) is 0 Å². The Morgan fingerprint density at radius 3 is 2.63 bits per heavy atom. The molecule has 0 amide bonds. The van der Waals surface area contributed by atoms with Gasteiger partial charge < -0.3 is 10.4 Å². The predicted molar refractivity (Wildman–Crippen MR) is 72.0 cm³/mol. The van der Waals surface area contributed by atoms with Crippen molar-refractivity contribution in [3.8, 4) is 0 Å². The first-order chi connectivity index (χ1) is 9.16. The first kappa shape index (κ1) is 13.6. The molecule has 1 heterocycles. The standard InChI is InChI=1S/C15H17FN2O/c1-11(13-7-14(16)9-17-8-13)18-10-15(19)12-5-3-2-4-6-12/h2-9,11,15,18-19H,10H2,1H3. The Hall–Kier alpha value is -1.78. The number of aliphatic hydroxyl groups is 1. The highest BCUT2D eigenvalue weighted by Crippen LogP contribution is 2.15. The lowest BCUT2D eigenvalue weighted by Gasteiger charge is -2.17. The van der Waals surface area contributed by atoms with Gasteiger partial charge in [0, 0.05) is 18.8 Å². The Balaban J connectivity index is 1.92. The van der Waals surface area contributed by atoms with Gasteiger partial charge in [-0.25, -0.2) is 4.39 Å². The summed E-state index contributed by atoms with van der Waals surface area (Å²) in [6.07, 6.45) is 2.22. The van der Waals surface area contributed by atoms with Gasteiger partial charge in [0.1, 0.15) is 5.82 Å². The van der Waals surface area contributed by atoms with Crippen LogP contribution < -0.4 is 5.32 Å². The molecule has 0 aliphatic heterocycles. The minimum atomic E-state index is -0.579. The Kier molecular flexibility index (Phi) is 4.60. The van der Waals surface area contributed by atoms with E-state index in [2.05, 4.69) is 10.3 Å². The lowest BCUT2D eigenvalue weighted by Crippen LogP contribution is -2.24. The Bertz CT molecular complexity index is 519. The van der Waals surface area contributed by atoms with Gasteiger partial charge in [0.05, 0.1) is 12.3 Å². The summed E-state index contributed by atoms with van der Waals surface area (Å²) in [5.41, 5.74) is 1.62. The van der Waals surface area contributed by atoms with Crippen molar-refractivity contribution in [2.24, 2.45) is 0 Å². The number of pyridine rings is 1. The van der Waals surface area contributed by atoms with E-state index in [9.17, 15) is 9.50 Å². The molecule has 0 spiro atoms. The second-order valence-electron chi connectivity index (χ2n) is 4.49. The van der Waals surface area contributed by atoms with Crippen LogP contribution in [-0.2, 0) is 0 Å². The average molecular weight is 260 g/mol. The zero-order chi connectivity index (χ0) is 13.7. The predicted octanol–water partition coefficient (Wildman–Crippen LogP) is 2.60. The summed E-state index contributed by atoms with van der Waals surface area (Å²) >= 11 is 0. The average Bonchev–Trinajstić information content (AvgIpc) is 2.45. The Labute approximate surface area is 112 Å². The van der Waals surface area contributed by atoms with Gasteiger partial charge in [-0.2, -0.15) is 0 Å². The Morgan fingerprint density at radius 2 is 1.95 bits per heavy atom. The van der Waals surface area contributed by atoms with E-state index in [0.29, 0.717) is 6.54 Å². The minimum absolute atomic E-state index is 0.0680. The zero-order valence-corrected chi connectivity index (χ0v) is 10.8. The highest BCUT2D eigenvalue weighted by molar-refractivity contribution is 5.18. The fraction of sp³-hybridized carbons (Fsp3) is 0.267. The van der Waals surface area contributed by atoms with Gasteiger partial charge in [-0.15, -0.1) is 0 Å². The molecule has 0 bridgehead atoms. The number of aliphatic hydroxyl groups excluding tert-OH is 1. The fourth-order valence-electron chi connectivity index (χ4n) is 1.86. The molecule has 2 atom stereocenters. The van der Waals surface area contributed by atoms with E-state index in [-0.39, 0.29) is 11.9 Å². The van der Waals surface area contributed by atoms with E-state index in [4.69, 9.17) is 0 Å². The van der Waals surface area contributed by atoms with Crippen molar-refractivity contribution in [1.29, 1.82) is 0 Å². The highest BCUT2D eigenvalue weighted by Gasteiger charge is 2.10. The topological polar surface area (TPSA) is 45.1 Å². The van der Waals surface area contributed by atoms with Crippen LogP contribution in [0.4, 0.5) is 4.39 Å². The molecule has 0 fully saturated rings. The van der Waals surface area contributed by atoms with Crippen molar-refractivity contribution in [3.05, 3.63) is 65.7 Å². The molecule has 2 N–H and O–H groups in total. The molecule has 3 nitrogen and oxygen atoms in total. The van der Waals surface area contributed by atoms with Gasteiger partial charge in [0.15, 0.2) is 0 Å². The van der Waals surface area contributed by atoms with Crippen LogP contribution in [-0.4, -0.2) is 16.6 Å². The third kappa shape index (κ3) is 3.84. The summed E-state index contributed by atoms with van der Waals surface area (Å²) in [5.74, 6) is -0.352. The van der Waals surface area contributed by atoms with Crippen LogP contribution in [0.3, 0.4) is 0 Å². The number of benzene rings is 1. The number of nitrogens with zero attached hydrogens (tertiary/aromatic N) is 1. The minimum Gasteiger partial charge on any atom is -0.387 e. The second kappa shape index (κ2) is 6.41. The van der Waals surface area contributed by atoms with Crippen LogP contribution in [0.2, 0.25) is 0 Å². The smallest absolute Gasteiger partial charge is 0.141 e. The molecule has 0 saturated carbocycles. The quantitative estimate of drug-likeness (QED) is 0.868. The summed E-state index contributed by atoms with van der Waals surface area (Å²) in [5, 5.41) is 13.2. The summed E-state index contributed by atoms with van der Waals surface area (Å²) in [4.78, 5) is 3.81. The van der Waals surface area contributed by atoms with Crippen molar-refractivity contribution in [1.82, 2.24) is 10.3 Å². The number of aromatic nitrogens is 1. The number of hydrogen-bond acceptors (Lipinski definition) is 3. The number of rotatable bonds is 5. The van der Waals surface area contributed by atoms with Gasteiger partial charge >= 0.3 is 0 Å². The van der Waals surface area contributed by atoms with E-state index < -0.39 is 6.10 Å². The van der Waals surface area contributed by atoms with E-state index >= 15 is 0 Å². The van der Waals surface area contributed by atoms with Crippen molar-refractivity contribution in [2.45, 2.75) is 19.1 Å². The monoisotopic (exact) mass is 260 g/mol. The zero-order valence-electron chi connectivity index (χ0n) is 10.8. The molecule has 4 heteroatoms. The third-order valence-electron chi connectivity index (χ3n) is 3.03.